The van der Waals surface area contributed by atoms with Crippen molar-refractivity contribution >= 4 is 12.0 Å². The zero-order valence-corrected chi connectivity index (χ0v) is 19.8. The van der Waals surface area contributed by atoms with E-state index in [1.807, 2.05) is 30.0 Å². The average Bonchev–Trinajstić information content (AvgIpc) is 3.46. The van der Waals surface area contributed by atoms with Crippen LogP contribution in [-0.2, 0) is 17.6 Å². The molecule has 2 heterocycles. The topological polar surface area (TPSA) is 71.0 Å². The predicted molar refractivity (Wildman–Crippen MR) is 135 cm³/mol. The Bertz CT molecular complexity index is 1370. The van der Waals surface area contributed by atoms with Crippen molar-refractivity contribution in [2.45, 2.75) is 39.0 Å². The van der Waals surface area contributed by atoms with Gasteiger partial charge in [-0.15, -0.1) is 0 Å². The second kappa shape index (κ2) is 9.86. The van der Waals surface area contributed by atoms with Crippen molar-refractivity contribution in [3.05, 3.63) is 87.9 Å². The lowest BCUT2D eigenvalue weighted by atomic mass is 9.95. The number of halogens is 1. The standard InChI is InChI=1S/C28H29FN4O2/c1-2-27(34)32-14-13-19(18-32)15-26-30-31-28(35)33(26)25-12-11-23(17-24(25)29)22-10-9-20-7-5-3-4-6-8-21(20)16-22/h3-5,7,9-12,16-17,19H,2,6,8,13-15,18H2,1H3,(H,31,35)/b4-3-,7-5-/t19-/m0/s1. The highest BCUT2D eigenvalue weighted by molar-refractivity contribution is 5.76. The summed E-state index contributed by atoms with van der Waals surface area (Å²) in [5.74, 6) is 0.332. The SMILES string of the molecule is CCC(=O)N1CC[C@@H](Cc2n[nH]c(=O)n2-c2ccc(-c3ccc4c(c3)CC/C=C\C=C/4)cc2F)C1. The number of allylic oxidation sites excluding steroid dienone is 3. The molecule has 1 aromatic heterocycles. The molecule has 5 rings (SSSR count). The Morgan fingerprint density at radius 2 is 2.00 bits per heavy atom. The van der Waals surface area contributed by atoms with E-state index >= 15 is 4.39 Å². The quantitative estimate of drug-likeness (QED) is 0.586. The van der Waals surface area contributed by atoms with Crippen molar-refractivity contribution < 1.29 is 9.18 Å². The highest BCUT2D eigenvalue weighted by Gasteiger charge is 2.27. The summed E-state index contributed by atoms with van der Waals surface area (Å²) in [5.41, 5.74) is 3.83. The molecule has 1 atom stereocenters. The first-order valence-electron chi connectivity index (χ1n) is 12.2. The van der Waals surface area contributed by atoms with Crippen LogP contribution in [0, 0.1) is 11.7 Å². The summed E-state index contributed by atoms with van der Waals surface area (Å²) in [6.07, 6.45) is 12.1. The molecule has 1 N–H and O–H groups in total. The van der Waals surface area contributed by atoms with Crippen LogP contribution in [0.4, 0.5) is 4.39 Å². The van der Waals surface area contributed by atoms with Crippen molar-refractivity contribution in [1.82, 2.24) is 19.7 Å². The summed E-state index contributed by atoms with van der Waals surface area (Å²) < 4.78 is 16.7. The number of likely N-dealkylation sites (tertiary alicyclic amines) is 1. The van der Waals surface area contributed by atoms with Gasteiger partial charge in [-0.1, -0.05) is 55.5 Å². The Labute approximate surface area is 203 Å². The Kier molecular flexibility index (Phi) is 6.49. The minimum Gasteiger partial charge on any atom is -0.342 e. The van der Waals surface area contributed by atoms with E-state index in [1.54, 1.807) is 6.07 Å². The number of aromatic amines is 1. The maximum Gasteiger partial charge on any atom is 0.348 e. The number of benzene rings is 2. The fraction of sp³-hybridized carbons (Fsp3) is 0.321. The third kappa shape index (κ3) is 4.76. The summed E-state index contributed by atoms with van der Waals surface area (Å²) >= 11 is 0. The minimum absolute atomic E-state index is 0.134. The molecule has 1 amide bonds. The fourth-order valence-electron chi connectivity index (χ4n) is 5.03. The van der Waals surface area contributed by atoms with Gasteiger partial charge in [0.25, 0.3) is 0 Å². The number of aromatic nitrogens is 3. The molecule has 6 nitrogen and oxygen atoms in total. The number of nitrogens with one attached hydrogen (secondary N) is 1. The van der Waals surface area contributed by atoms with Crippen LogP contribution in [0.1, 0.15) is 43.1 Å². The molecule has 2 aromatic carbocycles. The lowest BCUT2D eigenvalue weighted by molar-refractivity contribution is -0.129. The van der Waals surface area contributed by atoms with E-state index in [-0.39, 0.29) is 17.5 Å². The average molecular weight is 473 g/mol. The van der Waals surface area contributed by atoms with Gasteiger partial charge in [-0.05, 0) is 59.6 Å². The summed E-state index contributed by atoms with van der Waals surface area (Å²) in [6.45, 7) is 3.20. The molecular weight excluding hydrogens is 443 g/mol. The Hall–Kier alpha value is -3.74. The number of nitrogens with zero attached hydrogens (tertiary/aromatic N) is 3. The summed E-state index contributed by atoms with van der Waals surface area (Å²) in [6, 6.07) is 11.2. The summed E-state index contributed by atoms with van der Waals surface area (Å²) in [7, 11) is 0. The molecule has 1 aliphatic carbocycles. The van der Waals surface area contributed by atoms with Crippen LogP contribution in [0.5, 0.6) is 0 Å². The predicted octanol–water partition coefficient (Wildman–Crippen LogP) is 4.68. The maximum atomic E-state index is 15.4. The van der Waals surface area contributed by atoms with E-state index in [1.165, 1.54) is 21.8 Å². The van der Waals surface area contributed by atoms with Gasteiger partial charge in [-0.2, -0.15) is 5.10 Å². The zero-order chi connectivity index (χ0) is 24.4. The van der Waals surface area contributed by atoms with Crippen LogP contribution < -0.4 is 5.69 Å². The molecule has 0 radical (unpaired) electrons. The molecule has 35 heavy (non-hydrogen) atoms. The van der Waals surface area contributed by atoms with E-state index in [4.69, 9.17) is 0 Å². The monoisotopic (exact) mass is 472 g/mol. The zero-order valence-electron chi connectivity index (χ0n) is 19.8. The van der Waals surface area contributed by atoms with Crippen molar-refractivity contribution in [2.24, 2.45) is 5.92 Å². The van der Waals surface area contributed by atoms with Crippen LogP contribution in [-0.4, -0.2) is 38.7 Å². The van der Waals surface area contributed by atoms with Crippen LogP contribution in [0.15, 0.2) is 59.4 Å². The highest BCUT2D eigenvalue weighted by Crippen LogP contribution is 2.28. The van der Waals surface area contributed by atoms with E-state index in [0.717, 1.165) is 30.4 Å². The molecule has 1 saturated heterocycles. The number of H-pyrrole nitrogens is 1. The molecule has 7 heteroatoms. The second-order valence-electron chi connectivity index (χ2n) is 9.24. The van der Waals surface area contributed by atoms with Crippen LogP contribution >= 0.6 is 0 Å². The minimum atomic E-state index is -0.476. The number of fused-ring (bicyclic) bond motifs is 1. The lowest BCUT2D eigenvalue weighted by Crippen LogP contribution is -2.28. The van der Waals surface area contributed by atoms with Crippen LogP contribution in [0.3, 0.4) is 0 Å². The first kappa shape index (κ1) is 23.0. The number of rotatable bonds is 5. The number of carbonyl (C=O) groups excluding carboxylic acids is 1. The van der Waals surface area contributed by atoms with Crippen molar-refractivity contribution in [2.75, 3.05) is 13.1 Å². The van der Waals surface area contributed by atoms with E-state index in [0.29, 0.717) is 31.8 Å². The normalized spacial score (nSPS) is 19.1. The largest absolute Gasteiger partial charge is 0.348 e. The summed E-state index contributed by atoms with van der Waals surface area (Å²) in [5, 5.41) is 6.65. The number of carbonyl (C=O) groups is 1. The molecule has 0 bridgehead atoms. The van der Waals surface area contributed by atoms with Crippen LogP contribution in [0.25, 0.3) is 22.9 Å². The lowest BCUT2D eigenvalue weighted by Gasteiger charge is -2.15. The molecule has 0 saturated carbocycles. The number of aryl methyl sites for hydroxylation is 1. The van der Waals surface area contributed by atoms with Crippen molar-refractivity contribution in [3.63, 3.8) is 0 Å². The van der Waals surface area contributed by atoms with Gasteiger partial charge >= 0.3 is 5.69 Å². The fourth-order valence-corrected chi connectivity index (χ4v) is 5.03. The molecule has 2 aliphatic rings. The van der Waals surface area contributed by atoms with Gasteiger partial charge in [-0.3, -0.25) is 4.79 Å². The van der Waals surface area contributed by atoms with Gasteiger partial charge in [0.2, 0.25) is 5.91 Å². The highest BCUT2D eigenvalue weighted by atomic mass is 19.1. The first-order valence-corrected chi connectivity index (χ1v) is 12.2. The smallest absolute Gasteiger partial charge is 0.342 e. The van der Waals surface area contributed by atoms with Gasteiger partial charge in [-0.25, -0.2) is 18.9 Å². The second-order valence-corrected chi connectivity index (χ2v) is 9.24. The molecule has 3 aromatic rings. The van der Waals surface area contributed by atoms with Gasteiger partial charge in [0.05, 0.1) is 5.69 Å². The van der Waals surface area contributed by atoms with Gasteiger partial charge in [0, 0.05) is 25.9 Å². The van der Waals surface area contributed by atoms with E-state index in [9.17, 15) is 9.59 Å². The number of hydrogen-bond donors (Lipinski definition) is 1. The van der Waals surface area contributed by atoms with Crippen molar-refractivity contribution in [1.29, 1.82) is 0 Å². The third-order valence-corrected chi connectivity index (χ3v) is 6.92. The Morgan fingerprint density at radius 3 is 2.83 bits per heavy atom. The van der Waals surface area contributed by atoms with Crippen molar-refractivity contribution in [3.8, 4) is 16.8 Å². The third-order valence-electron chi connectivity index (χ3n) is 6.92. The molecule has 0 spiro atoms. The molecular formula is C28H29FN4O2. The van der Waals surface area contributed by atoms with Gasteiger partial charge < -0.3 is 4.90 Å². The summed E-state index contributed by atoms with van der Waals surface area (Å²) in [4.78, 5) is 26.4. The van der Waals surface area contributed by atoms with E-state index in [2.05, 4.69) is 40.6 Å². The Morgan fingerprint density at radius 1 is 1.17 bits per heavy atom. The molecule has 180 valence electrons. The number of hydrogen-bond acceptors (Lipinski definition) is 3. The molecule has 1 aliphatic heterocycles. The molecule has 0 unspecified atom stereocenters. The van der Waals surface area contributed by atoms with Gasteiger partial charge in [0.15, 0.2) is 0 Å². The van der Waals surface area contributed by atoms with Crippen LogP contribution in [0.2, 0.25) is 0 Å². The Balaban J connectivity index is 1.40. The first-order chi connectivity index (χ1) is 17.0. The molecule has 1 fully saturated rings. The van der Waals surface area contributed by atoms with Gasteiger partial charge in [0.1, 0.15) is 11.6 Å². The maximum absolute atomic E-state index is 15.4. The number of amides is 1. The van der Waals surface area contributed by atoms with E-state index < -0.39 is 11.5 Å².